The summed E-state index contributed by atoms with van der Waals surface area (Å²) in [6, 6.07) is 5.68. The Kier molecular flexibility index (Phi) is 8.73. The van der Waals surface area contributed by atoms with Crippen molar-refractivity contribution < 1.29 is 0 Å². The van der Waals surface area contributed by atoms with Crippen LogP contribution >= 0.6 is 35.0 Å². The summed E-state index contributed by atoms with van der Waals surface area (Å²) in [7, 11) is 3.95. The smallest absolute Gasteiger partial charge is 0.194 e. The molecule has 0 bridgehead atoms. The van der Waals surface area contributed by atoms with E-state index < -0.39 is 0 Å². The van der Waals surface area contributed by atoms with Gasteiger partial charge in [-0.05, 0) is 43.0 Å². The molecule has 1 aromatic carbocycles. The number of aromatic nitrogens is 3. The van der Waals surface area contributed by atoms with Gasteiger partial charge < -0.3 is 14.8 Å². The van der Waals surface area contributed by atoms with Crippen LogP contribution in [0.15, 0.2) is 23.2 Å². The molecule has 0 aliphatic heterocycles. The van der Waals surface area contributed by atoms with Crippen LogP contribution < -0.4 is 5.32 Å². The van der Waals surface area contributed by atoms with E-state index in [1.807, 2.05) is 55.5 Å². The number of guanidine groups is 1. The predicted molar refractivity (Wildman–Crippen MR) is 116 cm³/mol. The molecule has 0 atom stereocenters. The first-order valence-electron chi connectivity index (χ1n) is 8.69. The van der Waals surface area contributed by atoms with Gasteiger partial charge in [0.05, 0.1) is 10.0 Å². The molecule has 0 spiro atoms. The maximum absolute atomic E-state index is 6.14. The van der Waals surface area contributed by atoms with Gasteiger partial charge in [-0.2, -0.15) is 11.8 Å². The van der Waals surface area contributed by atoms with E-state index in [2.05, 4.69) is 26.7 Å². The highest BCUT2D eigenvalue weighted by molar-refractivity contribution is 7.98. The Morgan fingerprint density at radius 1 is 1.30 bits per heavy atom. The molecule has 0 amide bonds. The third-order valence-corrected chi connectivity index (χ3v) is 5.56. The molecule has 0 saturated heterocycles. The summed E-state index contributed by atoms with van der Waals surface area (Å²) in [6.07, 6.45) is 3.19. The van der Waals surface area contributed by atoms with Crippen LogP contribution in [0.1, 0.15) is 23.6 Å². The number of benzene rings is 1. The molecule has 0 fully saturated rings. The van der Waals surface area contributed by atoms with Crippen LogP contribution in [0.3, 0.4) is 0 Å². The van der Waals surface area contributed by atoms with Crippen molar-refractivity contribution in [3.05, 3.63) is 45.5 Å². The Morgan fingerprint density at radius 2 is 2.07 bits per heavy atom. The van der Waals surface area contributed by atoms with Gasteiger partial charge in [0, 0.05) is 27.2 Å². The van der Waals surface area contributed by atoms with Crippen molar-refractivity contribution in [1.29, 1.82) is 0 Å². The topological polar surface area (TPSA) is 58.3 Å². The Labute approximate surface area is 175 Å². The van der Waals surface area contributed by atoms with Crippen LogP contribution in [0, 0.1) is 6.92 Å². The normalized spacial score (nSPS) is 11.7. The monoisotopic (exact) mass is 428 g/mol. The van der Waals surface area contributed by atoms with Crippen LogP contribution in [-0.4, -0.2) is 51.2 Å². The average Bonchev–Trinajstić information content (AvgIpc) is 2.96. The van der Waals surface area contributed by atoms with Crippen LogP contribution in [0.25, 0.3) is 0 Å². The zero-order valence-corrected chi connectivity index (χ0v) is 18.5. The van der Waals surface area contributed by atoms with E-state index in [1.165, 1.54) is 0 Å². The molecule has 0 aliphatic carbocycles. The minimum atomic E-state index is 0.466. The Hall–Kier alpha value is -1.44. The lowest BCUT2D eigenvalue weighted by Crippen LogP contribution is -2.39. The second kappa shape index (κ2) is 10.8. The van der Waals surface area contributed by atoms with E-state index in [9.17, 15) is 0 Å². The molecular weight excluding hydrogens is 403 g/mol. The number of hydrogen-bond donors (Lipinski definition) is 1. The van der Waals surface area contributed by atoms with Gasteiger partial charge >= 0.3 is 0 Å². The highest BCUT2D eigenvalue weighted by Gasteiger charge is 2.10. The predicted octanol–water partition coefficient (Wildman–Crippen LogP) is 3.76. The number of thioether (sulfide) groups is 1. The maximum atomic E-state index is 6.14. The fraction of sp³-hybridized carbons (Fsp3) is 0.500. The van der Waals surface area contributed by atoms with Crippen LogP contribution in [0.5, 0.6) is 0 Å². The van der Waals surface area contributed by atoms with Crippen molar-refractivity contribution in [1.82, 2.24) is 25.0 Å². The fourth-order valence-electron chi connectivity index (χ4n) is 2.45. The number of hydrogen-bond acceptors (Lipinski definition) is 4. The van der Waals surface area contributed by atoms with E-state index in [4.69, 9.17) is 28.2 Å². The van der Waals surface area contributed by atoms with E-state index in [1.54, 1.807) is 0 Å². The second-order valence-electron chi connectivity index (χ2n) is 6.24. The largest absolute Gasteiger partial charge is 0.356 e. The van der Waals surface area contributed by atoms with Crippen molar-refractivity contribution in [2.24, 2.45) is 12.0 Å². The average molecular weight is 429 g/mol. The first-order valence-corrected chi connectivity index (χ1v) is 10.8. The fourth-order valence-corrected chi connectivity index (χ4v) is 3.20. The molecular formula is C18H26Cl2N6S. The summed E-state index contributed by atoms with van der Waals surface area (Å²) in [6.45, 7) is 3.93. The standard InChI is InChI=1S/C18H26Cl2N6S/c1-13-23-24-17(26(13)3)11-22-18(21-8-5-9-27-4)25(2)12-14-6-7-15(19)16(20)10-14/h6-7,10H,5,8-9,11-12H2,1-4H3,(H,21,22). The van der Waals surface area contributed by atoms with Gasteiger partial charge in [-0.15, -0.1) is 10.2 Å². The molecule has 27 heavy (non-hydrogen) atoms. The summed E-state index contributed by atoms with van der Waals surface area (Å²) < 4.78 is 1.95. The highest BCUT2D eigenvalue weighted by atomic mass is 35.5. The van der Waals surface area contributed by atoms with E-state index in [0.29, 0.717) is 23.1 Å². The van der Waals surface area contributed by atoms with Crippen LogP contribution in [0.4, 0.5) is 0 Å². The second-order valence-corrected chi connectivity index (χ2v) is 8.04. The van der Waals surface area contributed by atoms with Gasteiger partial charge in [0.25, 0.3) is 0 Å². The summed E-state index contributed by atoms with van der Waals surface area (Å²) in [5, 5.41) is 12.8. The van der Waals surface area contributed by atoms with Crippen molar-refractivity contribution in [2.75, 3.05) is 25.6 Å². The first kappa shape index (κ1) is 21.9. The lowest BCUT2D eigenvalue weighted by Gasteiger charge is -2.23. The SMILES string of the molecule is CSCCCNC(=NCc1nnc(C)n1C)N(C)Cc1ccc(Cl)c(Cl)c1. The summed E-state index contributed by atoms with van der Waals surface area (Å²) in [5.74, 6) is 3.64. The number of nitrogens with zero attached hydrogens (tertiary/aromatic N) is 5. The van der Waals surface area contributed by atoms with Gasteiger partial charge in [-0.25, -0.2) is 4.99 Å². The van der Waals surface area contributed by atoms with E-state index >= 15 is 0 Å². The molecule has 2 rings (SSSR count). The Morgan fingerprint density at radius 3 is 2.70 bits per heavy atom. The number of halogens is 2. The van der Waals surface area contributed by atoms with Crippen molar-refractivity contribution in [3.63, 3.8) is 0 Å². The molecule has 1 heterocycles. The molecule has 6 nitrogen and oxygen atoms in total. The number of aryl methyl sites for hydroxylation is 1. The summed E-state index contributed by atoms with van der Waals surface area (Å²) in [4.78, 5) is 6.82. The van der Waals surface area contributed by atoms with Crippen molar-refractivity contribution >= 4 is 40.9 Å². The Balaban J connectivity index is 2.10. The molecule has 0 unspecified atom stereocenters. The molecule has 2 aromatic rings. The molecule has 0 radical (unpaired) electrons. The lowest BCUT2D eigenvalue weighted by atomic mass is 10.2. The summed E-state index contributed by atoms with van der Waals surface area (Å²) >= 11 is 14.0. The van der Waals surface area contributed by atoms with Crippen molar-refractivity contribution in [2.45, 2.75) is 26.4 Å². The molecule has 1 aromatic heterocycles. The van der Waals surface area contributed by atoms with Gasteiger partial charge in [-0.3, -0.25) is 0 Å². The third kappa shape index (κ3) is 6.59. The summed E-state index contributed by atoms with van der Waals surface area (Å²) in [5.41, 5.74) is 1.07. The minimum Gasteiger partial charge on any atom is -0.356 e. The quantitative estimate of drug-likeness (QED) is 0.393. The molecule has 148 valence electrons. The maximum Gasteiger partial charge on any atom is 0.194 e. The van der Waals surface area contributed by atoms with Crippen LogP contribution in [-0.2, 0) is 20.1 Å². The van der Waals surface area contributed by atoms with Gasteiger partial charge in [0.15, 0.2) is 11.8 Å². The molecule has 0 saturated carbocycles. The van der Waals surface area contributed by atoms with Gasteiger partial charge in [0.2, 0.25) is 0 Å². The van der Waals surface area contributed by atoms with Gasteiger partial charge in [-0.1, -0.05) is 29.3 Å². The third-order valence-electron chi connectivity index (χ3n) is 4.13. The molecule has 0 aliphatic rings. The zero-order valence-electron chi connectivity index (χ0n) is 16.2. The number of aliphatic imine (C=N–C) groups is 1. The Bertz CT molecular complexity index is 777. The van der Waals surface area contributed by atoms with E-state index in [-0.39, 0.29) is 0 Å². The molecule has 9 heteroatoms. The zero-order chi connectivity index (χ0) is 19.8. The molecule has 1 N–H and O–H groups in total. The highest BCUT2D eigenvalue weighted by Crippen LogP contribution is 2.23. The van der Waals surface area contributed by atoms with Crippen LogP contribution in [0.2, 0.25) is 10.0 Å². The number of nitrogens with one attached hydrogen (secondary N) is 1. The van der Waals surface area contributed by atoms with E-state index in [0.717, 1.165) is 41.9 Å². The minimum absolute atomic E-state index is 0.466. The first-order chi connectivity index (χ1) is 12.9. The number of rotatable bonds is 8. The lowest BCUT2D eigenvalue weighted by molar-refractivity contribution is 0.474. The van der Waals surface area contributed by atoms with Gasteiger partial charge in [0.1, 0.15) is 12.4 Å². The van der Waals surface area contributed by atoms with Crippen molar-refractivity contribution in [3.8, 4) is 0 Å².